The molecule has 52 heteroatoms. The summed E-state index contributed by atoms with van der Waals surface area (Å²) in [5.41, 5.74) is 31.9. The molecular formula is C50H61N25O23P4. The monoisotopic (exact) mass is 1500 g/mol. The number of phosphoric ester groups is 3. The first-order valence-corrected chi connectivity index (χ1v) is 36.8. The predicted octanol–water partition coefficient (Wildman–Crippen LogP) is -0.717. The van der Waals surface area contributed by atoms with Crippen LogP contribution < -0.4 is 28.7 Å². The second-order valence-electron chi connectivity index (χ2n) is 23.8. The molecule has 0 aromatic carbocycles. The van der Waals surface area contributed by atoms with Crippen molar-refractivity contribution in [1.82, 2.24) is 97.6 Å². The van der Waals surface area contributed by atoms with Gasteiger partial charge < -0.3 is 91.8 Å². The molecule has 48 nitrogen and oxygen atoms in total. The lowest BCUT2D eigenvalue weighted by molar-refractivity contribution is -0.0727. The normalized spacial score (nSPS) is 29.7. The zero-order valence-corrected chi connectivity index (χ0v) is 55.7. The van der Waals surface area contributed by atoms with Gasteiger partial charge in [-0.25, -0.2) is 88.5 Å². The van der Waals surface area contributed by atoms with E-state index in [1.165, 1.54) is 67.1 Å². The van der Waals surface area contributed by atoms with Gasteiger partial charge in [0.05, 0.1) is 64.2 Å². The number of aromatic nitrogens is 20. The van der Waals surface area contributed by atoms with Crippen molar-refractivity contribution in [3.63, 3.8) is 0 Å². The SMILES string of the molecule is Nc1ncnc2c1ncn2[C@H]1C[C@H](OP(=O)(O)OC[C@H]2O[C@@H](n3cnc4c(N)ncnc43)C[C@@H]2O)[C@@H](C(O)P(=O)(O)O[C@H]2C[C@H](n3cnc4c(N)ncnc43)O[C@@H]2COP(=O)(O)O[C@H]2C[C@H](n3cnc4c(N)ncnc43)O[C@@H]2COP(=O)(O)O[C@H]2C[C@H](n3cnc4c(N)ncnc43)O[C@@H]2CO)O1. The highest BCUT2D eigenvalue weighted by Gasteiger charge is 2.55. The number of nitrogen functional groups attached to an aromatic ring is 5. The van der Waals surface area contributed by atoms with E-state index in [9.17, 15) is 53.2 Å². The van der Waals surface area contributed by atoms with Gasteiger partial charge in [-0.15, -0.1) is 0 Å². The van der Waals surface area contributed by atoms with Crippen LogP contribution in [0.5, 0.6) is 0 Å². The van der Waals surface area contributed by atoms with Gasteiger partial charge >= 0.3 is 31.1 Å². The average molecular weight is 1500 g/mol. The van der Waals surface area contributed by atoms with Crippen molar-refractivity contribution in [3.8, 4) is 0 Å². The molecule has 0 saturated carbocycles. The van der Waals surface area contributed by atoms with E-state index < -0.39 is 168 Å². The molecule has 10 aromatic rings. The molecule has 5 aliphatic heterocycles. The number of hydrogen-bond donors (Lipinski definition) is 12. The van der Waals surface area contributed by atoms with Crippen LogP contribution in [0.4, 0.5) is 29.1 Å². The lowest BCUT2D eigenvalue weighted by atomic mass is 10.2. The van der Waals surface area contributed by atoms with Gasteiger partial charge in [0.15, 0.2) is 63.2 Å². The van der Waals surface area contributed by atoms with Crippen molar-refractivity contribution in [2.75, 3.05) is 55.1 Å². The van der Waals surface area contributed by atoms with E-state index >= 15 is 0 Å². The van der Waals surface area contributed by atoms with Gasteiger partial charge in [0.25, 0.3) is 0 Å². The summed E-state index contributed by atoms with van der Waals surface area (Å²) in [6, 6.07) is 0. The van der Waals surface area contributed by atoms with Crippen LogP contribution in [0.15, 0.2) is 63.3 Å². The lowest BCUT2D eigenvalue weighted by Crippen LogP contribution is -2.38. The van der Waals surface area contributed by atoms with Crippen LogP contribution in [0.3, 0.4) is 0 Å². The smallest absolute Gasteiger partial charge is 0.394 e. The minimum atomic E-state index is -5.66. The zero-order chi connectivity index (χ0) is 71.3. The van der Waals surface area contributed by atoms with E-state index in [0.717, 1.165) is 19.0 Å². The first-order valence-electron chi connectivity index (χ1n) is 30.7. The van der Waals surface area contributed by atoms with Gasteiger partial charge in [0, 0.05) is 32.1 Å². The van der Waals surface area contributed by atoms with Gasteiger partial charge in [-0.1, -0.05) is 0 Å². The van der Waals surface area contributed by atoms with Crippen LogP contribution in [0, 0.1) is 0 Å². The summed E-state index contributed by atoms with van der Waals surface area (Å²) in [5.74, 6) is -2.63. The fourth-order valence-electron chi connectivity index (χ4n) is 12.6. The van der Waals surface area contributed by atoms with E-state index in [4.69, 9.17) is 84.0 Å². The maximum Gasteiger partial charge on any atom is 0.472 e. The number of rotatable bonds is 25. The number of imidazole rings is 5. The first-order chi connectivity index (χ1) is 48.8. The first kappa shape index (κ1) is 69.6. The van der Waals surface area contributed by atoms with Gasteiger partial charge in [0.2, 0.25) is 0 Å². The van der Waals surface area contributed by atoms with Crippen molar-refractivity contribution in [2.24, 2.45) is 0 Å². The molecule has 0 aliphatic carbocycles. The van der Waals surface area contributed by atoms with Gasteiger partial charge in [-0.05, 0) is 0 Å². The molecule has 0 amide bonds. The second kappa shape index (κ2) is 27.2. The third-order valence-electron chi connectivity index (χ3n) is 17.5. The highest BCUT2D eigenvalue weighted by molar-refractivity contribution is 7.53. The molecule has 0 bridgehead atoms. The van der Waals surface area contributed by atoms with Crippen LogP contribution in [0.2, 0.25) is 0 Å². The number of phosphoric acid groups is 3. The maximum atomic E-state index is 14.9. The molecule has 10 aromatic heterocycles. The quantitative estimate of drug-likeness (QED) is 0.0314. The summed E-state index contributed by atoms with van der Waals surface area (Å²) in [5, 5.41) is 33.5. The number of aliphatic hydroxyl groups is 3. The minimum Gasteiger partial charge on any atom is -0.394 e. The number of ether oxygens (including phenoxy) is 5. The molecule has 102 heavy (non-hydrogen) atoms. The molecule has 5 saturated heterocycles. The standard InChI is InChI=1S/C50H61N25O23P4/c51-40-34-45(61-10-56-40)71(15-66-34)29-1-20(77)26(91-29)7-87-102(85,86)98-24-5-33(75-19-70-38-44(55)60-14-65-49(38)75)94-39(24)50(78)99(79,80)95-22-3-31(73-17-68-36-42(53)58-12-63-47(36)73)92-27(22)8-88-101(83,84)97-23-4-32(74-18-69-37-43(54)59-13-64-48(37)74)93-28(23)9-89-100(81,82)96-21-2-30(90-25(21)6-76)72-16-67-35-41(52)57-11-62-46(35)72/h10-33,39,50,76-78H,1-9H2,(H,79,80)(H,81,82)(H,83,84)(H,85,86)(H2,51,56,61)(H2,52,57,62)(H2,53,58,63)(H2,54,59,64)(H2,55,60,65)/t20-,21-,22-,23-,24-,25+,26+,27+,28+,29+,30+,31+,32+,33+,39-,50?/m0/s1. The summed E-state index contributed by atoms with van der Waals surface area (Å²) in [7, 11) is -21.7. The Bertz CT molecular complexity index is 5000. The molecule has 17 N–H and O–H groups in total. The Morgan fingerprint density at radius 1 is 0.402 bits per heavy atom. The number of nitrogens with two attached hydrogens (primary N) is 5. The molecular weight excluding hydrogens is 1440 g/mol. The van der Waals surface area contributed by atoms with Crippen LogP contribution in [-0.4, -0.2) is 226 Å². The van der Waals surface area contributed by atoms with Crippen molar-refractivity contribution in [3.05, 3.63) is 63.3 Å². The molecule has 20 atom stereocenters. The predicted molar refractivity (Wildman–Crippen MR) is 337 cm³/mol. The zero-order valence-electron chi connectivity index (χ0n) is 52.2. The molecule has 544 valence electrons. The highest BCUT2D eigenvalue weighted by Crippen LogP contribution is 2.58. The number of nitrogens with zero attached hydrogens (tertiary/aromatic N) is 20. The van der Waals surface area contributed by atoms with E-state index in [1.807, 2.05) is 0 Å². The van der Waals surface area contributed by atoms with Crippen LogP contribution in [0.25, 0.3) is 55.8 Å². The third-order valence-corrected chi connectivity index (χ3v) is 22.0. The number of anilines is 5. The summed E-state index contributed by atoms with van der Waals surface area (Å²) in [4.78, 5) is 108. The average Bonchev–Trinajstić information content (AvgIpc) is 1.63. The van der Waals surface area contributed by atoms with Crippen LogP contribution in [0.1, 0.15) is 63.2 Å². The molecule has 0 spiro atoms. The Morgan fingerprint density at radius 3 is 1.05 bits per heavy atom. The summed E-state index contributed by atoms with van der Waals surface area (Å²) in [6.07, 6.45) is -10.2. The topological polar surface area (TPSA) is 669 Å². The summed E-state index contributed by atoms with van der Waals surface area (Å²) < 4.78 is 134. The number of hydrogen-bond acceptors (Lipinski definition) is 39. The lowest BCUT2D eigenvalue weighted by Gasteiger charge is -2.30. The van der Waals surface area contributed by atoms with E-state index in [-0.39, 0.29) is 104 Å². The Hall–Kier alpha value is -8.09. The van der Waals surface area contributed by atoms with Crippen molar-refractivity contribution in [1.29, 1.82) is 0 Å². The Kier molecular flexibility index (Phi) is 18.6. The minimum absolute atomic E-state index is 0.00758. The van der Waals surface area contributed by atoms with Crippen molar-refractivity contribution >= 4 is 116 Å². The van der Waals surface area contributed by atoms with Gasteiger partial charge in [0.1, 0.15) is 145 Å². The number of aliphatic hydroxyl groups excluding tert-OH is 3. The Labute approximate surface area is 568 Å². The second-order valence-corrected chi connectivity index (χ2v) is 29.8. The van der Waals surface area contributed by atoms with E-state index in [2.05, 4.69) is 74.8 Å². The van der Waals surface area contributed by atoms with Crippen LogP contribution >= 0.6 is 31.1 Å². The van der Waals surface area contributed by atoms with Gasteiger partial charge in [-0.2, -0.15) is 0 Å². The summed E-state index contributed by atoms with van der Waals surface area (Å²) in [6.45, 7) is -3.33. The Morgan fingerprint density at radius 2 is 0.686 bits per heavy atom. The molecule has 5 fully saturated rings. The summed E-state index contributed by atoms with van der Waals surface area (Å²) >= 11 is 0. The fraction of sp³-hybridized carbons (Fsp3) is 0.500. The van der Waals surface area contributed by atoms with Gasteiger partial charge in [-0.3, -0.25) is 54.5 Å². The maximum absolute atomic E-state index is 14.9. The molecule has 5 unspecified atom stereocenters. The molecule has 5 aliphatic rings. The van der Waals surface area contributed by atoms with Crippen molar-refractivity contribution in [2.45, 2.75) is 130 Å². The van der Waals surface area contributed by atoms with Crippen molar-refractivity contribution < 1.29 is 109 Å². The van der Waals surface area contributed by atoms with E-state index in [1.54, 1.807) is 0 Å². The van der Waals surface area contributed by atoms with Crippen LogP contribution in [-0.2, 0) is 73.6 Å². The largest absolute Gasteiger partial charge is 0.472 e. The molecule has 15 rings (SSSR count). The van der Waals surface area contributed by atoms with E-state index in [0.29, 0.717) is 0 Å². The highest BCUT2D eigenvalue weighted by atomic mass is 31.2. The Balaban J connectivity index is 0.659. The third kappa shape index (κ3) is 13.5. The fourth-order valence-corrected chi connectivity index (χ4v) is 16.8. The molecule has 0 radical (unpaired) electrons. The number of fused-ring (bicyclic) bond motifs is 5. The molecule has 15 heterocycles.